The number of hydrogen-bond donors (Lipinski definition) is 1. The highest BCUT2D eigenvalue weighted by molar-refractivity contribution is 7.11. The highest BCUT2D eigenvalue weighted by Crippen LogP contribution is 2.17. The number of aromatic nitrogens is 1. The first kappa shape index (κ1) is 22.7. The van der Waals surface area contributed by atoms with Crippen LogP contribution in [-0.2, 0) is 4.79 Å². The number of aryl methyl sites for hydroxylation is 3. The predicted molar refractivity (Wildman–Crippen MR) is 128 cm³/mol. The summed E-state index contributed by atoms with van der Waals surface area (Å²) in [6.07, 6.45) is 3.62. The Hall–Kier alpha value is -2.95. The minimum atomic E-state index is -0.448. The number of nitrogens with one attached hydrogen (secondary N) is 1. The molecule has 7 heteroatoms. The summed E-state index contributed by atoms with van der Waals surface area (Å²) in [5.41, 5.74) is 3.35. The van der Waals surface area contributed by atoms with Gasteiger partial charge in [0.15, 0.2) is 5.57 Å². The van der Waals surface area contributed by atoms with E-state index in [1.807, 2.05) is 69.5 Å². The van der Waals surface area contributed by atoms with Gasteiger partial charge in [-0.15, -0.1) is 22.7 Å². The summed E-state index contributed by atoms with van der Waals surface area (Å²) in [5.74, 6) is -0.448. The molecule has 160 valence electrons. The van der Waals surface area contributed by atoms with Gasteiger partial charge in [0.05, 0.1) is 10.2 Å². The molecule has 1 amide bonds. The molecule has 0 saturated carbocycles. The van der Waals surface area contributed by atoms with Crippen LogP contribution >= 0.6 is 22.7 Å². The molecular weight excluding hydrogens is 426 g/mol. The number of carbonyl (C=O) groups excluding carboxylic acids is 1. The van der Waals surface area contributed by atoms with Crippen LogP contribution in [0, 0.1) is 32.1 Å². The maximum Gasteiger partial charge on any atom is 0.273 e. The van der Waals surface area contributed by atoms with Crippen LogP contribution in [0.1, 0.15) is 41.3 Å². The fraction of sp³-hybridized carbons (Fsp3) is 0.292. The molecule has 3 rings (SSSR count). The van der Waals surface area contributed by atoms with Crippen molar-refractivity contribution in [2.75, 3.05) is 6.54 Å². The summed E-state index contributed by atoms with van der Waals surface area (Å²) in [4.78, 5) is 27.3. The predicted octanol–water partition coefficient (Wildman–Crippen LogP) is 3.31. The van der Waals surface area contributed by atoms with E-state index in [1.165, 1.54) is 15.9 Å². The molecule has 31 heavy (non-hydrogen) atoms. The van der Waals surface area contributed by atoms with Crippen molar-refractivity contribution in [1.29, 1.82) is 5.26 Å². The third-order valence-electron chi connectivity index (χ3n) is 5.02. The van der Waals surface area contributed by atoms with Gasteiger partial charge in [0, 0.05) is 11.4 Å². The fourth-order valence-corrected chi connectivity index (χ4v) is 5.33. The van der Waals surface area contributed by atoms with E-state index in [1.54, 1.807) is 11.3 Å². The summed E-state index contributed by atoms with van der Waals surface area (Å²) >= 11 is 2.74. The molecule has 0 atom stereocenters. The SMILES string of the molecule is CCCCNC(=O)/C(C#N)=c1\s/c(=C\c2sccc2C)c(=O)n1-c1c(C)cccc1C. The number of benzene rings is 1. The number of para-hydroxylation sites is 1. The molecule has 0 aliphatic carbocycles. The Labute approximate surface area is 189 Å². The van der Waals surface area contributed by atoms with Gasteiger partial charge < -0.3 is 5.32 Å². The van der Waals surface area contributed by atoms with Crippen molar-refractivity contribution in [3.05, 3.63) is 70.8 Å². The van der Waals surface area contributed by atoms with Crippen LogP contribution in [0.2, 0.25) is 0 Å². The average Bonchev–Trinajstić information content (AvgIpc) is 3.27. The van der Waals surface area contributed by atoms with Gasteiger partial charge in [0.2, 0.25) is 0 Å². The Balaban J connectivity index is 2.37. The molecule has 0 bridgehead atoms. The lowest BCUT2D eigenvalue weighted by Gasteiger charge is -2.11. The molecule has 3 aromatic rings. The molecule has 1 aromatic carbocycles. The molecule has 0 saturated heterocycles. The second-order valence-corrected chi connectivity index (χ2v) is 9.34. The van der Waals surface area contributed by atoms with Gasteiger partial charge >= 0.3 is 0 Å². The zero-order valence-electron chi connectivity index (χ0n) is 18.1. The number of thiazole rings is 1. The number of thiophene rings is 1. The van der Waals surface area contributed by atoms with E-state index in [2.05, 4.69) is 5.32 Å². The Morgan fingerprint density at radius 1 is 1.19 bits per heavy atom. The Morgan fingerprint density at radius 2 is 1.90 bits per heavy atom. The molecule has 0 radical (unpaired) electrons. The largest absolute Gasteiger partial charge is 0.351 e. The summed E-state index contributed by atoms with van der Waals surface area (Å²) < 4.78 is 2.39. The highest BCUT2D eigenvalue weighted by atomic mass is 32.1. The number of rotatable bonds is 6. The average molecular weight is 452 g/mol. The summed E-state index contributed by atoms with van der Waals surface area (Å²) in [6, 6.07) is 9.84. The van der Waals surface area contributed by atoms with E-state index < -0.39 is 5.91 Å². The lowest BCUT2D eigenvalue weighted by atomic mass is 10.1. The second-order valence-electron chi connectivity index (χ2n) is 7.36. The van der Waals surface area contributed by atoms with Crippen LogP contribution in [-0.4, -0.2) is 17.0 Å². The Bertz CT molecular complexity index is 1320. The Morgan fingerprint density at radius 3 is 2.48 bits per heavy atom. The van der Waals surface area contributed by atoms with E-state index in [0.717, 1.165) is 40.1 Å². The molecule has 0 aliphatic rings. The van der Waals surface area contributed by atoms with Crippen molar-refractivity contribution in [2.24, 2.45) is 0 Å². The molecule has 0 unspecified atom stereocenters. The second kappa shape index (κ2) is 9.90. The lowest BCUT2D eigenvalue weighted by Crippen LogP contribution is -2.34. The first-order valence-corrected chi connectivity index (χ1v) is 11.9. The van der Waals surface area contributed by atoms with Crippen LogP contribution < -0.4 is 20.1 Å². The fourth-order valence-electron chi connectivity index (χ4n) is 3.33. The molecule has 2 heterocycles. The van der Waals surface area contributed by atoms with E-state index in [-0.39, 0.29) is 11.1 Å². The molecule has 0 fully saturated rings. The molecule has 0 spiro atoms. The van der Waals surface area contributed by atoms with Gasteiger partial charge in [-0.1, -0.05) is 31.5 Å². The van der Waals surface area contributed by atoms with Gasteiger partial charge in [0.25, 0.3) is 11.5 Å². The van der Waals surface area contributed by atoms with Gasteiger partial charge in [0.1, 0.15) is 10.7 Å². The first-order valence-electron chi connectivity index (χ1n) is 10.2. The van der Waals surface area contributed by atoms with Crippen molar-refractivity contribution < 1.29 is 4.79 Å². The van der Waals surface area contributed by atoms with Crippen molar-refractivity contribution in [2.45, 2.75) is 40.5 Å². The molecular formula is C24H25N3O2S2. The smallest absolute Gasteiger partial charge is 0.273 e. The van der Waals surface area contributed by atoms with Crippen molar-refractivity contribution in [1.82, 2.24) is 9.88 Å². The minimum absolute atomic E-state index is 0.0385. The van der Waals surface area contributed by atoms with Crippen LogP contribution in [0.15, 0.2) is 34.4 Å². The third-order valence-corrected chi connectivity index (χ3v) is 7.08. The zero-order chi connectivity index (χ0) is 22.5. The van der Waals surface area contributed by atoms with E-state index in [0.29, 0.717) is 15.7 Å². The number of unbranched alkanes of at least 4 members (excludes halogenated alkanes) is 1. The number of nitrogens with zero attached hydrogens (tertiary/aromatic N) is 2. The summed E-state index contributed by atoms with van der Waals surface area (Å²) in [6.45, 7) is 8.38. The monoisotopic (exact) mass is 451 g/mol. The molecule has 5 nitrogen and oxygen atoms in total. The normalized spacial score (nSPS) is 12.5. The summed E-state index contributed by atoms with van der Waals surface area (Å²) in [5, 5.41) is 14.6. The number of amides is 1. The number of carbonyl (C=O) groups is 1. The minimum Gasteiger partial charge on any atom is -0.351 e. The molecule has 0 aliphatic heterocycles. The van der Waals surface area contributed by atoms with Gasteiger partial charge in [-0.05, 0) is 61.4 Å². The zero-order valence-corrected chi connectivity index (χ0v) is 19.7. The van der Waals surface area contributed by atoms with E-state index in [9.17, 15) is 14.9 Å². The van der Waals surface area contributed by atoms with Crippen molar-refractivity contribution in [3.63, 3.8) is 0 Å². The molecule has 2 aromatic heterocycles. The number of hydrogen-bond acceptors (Lipinski definition) is 5. The van der Waals surface area contributed by atoms with Crippen molar-refractivity contribution >= 4 is 40.2 Å². The van der Waals surface area contributed by atoms with Crippen LogP contribution in [0.5, 0.6) is 0 Å². The van der Waals surface area contributed by atoms with Gasteiger partial charge in [-0.3, -0.25) is 14.2 Å². The van der Waals surface area contributed by atoms with E-state index in [4.69, 9.17) is 0 Å². The summed E-state index contributed by atoms with van der Waals surface area (Å²) in [7, 11) is 0. The maximum absolute atomic E-state index is 13.5. The lowest BCUT2D eigenvalue weighted by molar-refractivity contribution is -0.115. The third kappa shape index (κ3) is 4.71. The molecule has 1 N–H and O–H groups in total. The van der Waals surface area contributed by atoms with E-state index >= 15 is 0 Å². The number of nitriles is 1. The van der Waals surface area contributed by atoms with Crippen LogP contribution in [0.25, 0.3) is 17.3 Å². The standard InChI is InChI=1S/C24H25N3O2S2/c1-5-6-11-26-22(28)18(14-25)24-27(21-16(3)8-7-9-17(21)4)23(29)20(31-24)13-19-15(2)10-12-30-19/h7-10,12-13H,5-6,11H2,1-4H3,(H,26,28)/b20-13-,24-18-. The topological polar surface area (TPSA) is 74.9 Å². The Kier molecular flexibility index (Phi) is 7.26. The highest BCUT2D eigenvalue weighted by Gasteiger charge is 2.18. The quantitative estimate of drug-likeness (QED) is 0.585. The van der Waals surface area contributed by atoms with Crippen LogP contribution in [0.4, 0.5) is 0 Å². The first-order chi connectivity index (χ1) is 14.9. The van der Waals surface area contributed by atoms with Gasteiger partial charge in [-0.25, -0.2) is 0 Å². The van der Waals surface area contributed by atoms with Crippen molar-refractivity contribution in [3.8, 4) is 11.8 Å². The maximum atomic E-state index is 13.5. The van der Waals surface area contributed by atoms with Crippen LogP contribution in [0.3, 0.4) is 0 Å². The van der Waals surface area contributed by atoms with Gasteiger partial charge in [-0.2, -0.15) is 5.26 Å².